The van der Waals surface area contributed by atoms with Gasteiger partial charge in [0.05, 0.1) is 12.0 Å². The molecule has 0 unspecified atom stereocenters. The van der Waals surface area contributed by atoms with E-state index in [1.807, 2.05) is 13.0 Å². The lowest BCUT2D eigenvalue weighted by Crippen LogP contribution is -1.97. The predicted molar refractivity (Wildman–Crippen MR) is 97.3 cm³/mol. The maximum atomic E-state index is 11.3. The lowest BCUT2D eigenvalue weighted by molar-refractivity contribution is 0.415. The van der Waals surface area contributed by atoms with Gasteiger partial charge in [-0.25, -0.2) is 0 Å². The Balaban J connectivity index is 2.13. The molecule has 0 radical (unpaired) electrons. The molecule has 26 heavy (non-hydrogen) atoms. The molecule has 3 aromatic rings. The van der Waals surface area contributed by atoms with Gasteiger partial charge in [0.25, 0.3) is 10.1 Å². The van der Waals surface area contributed by atoms with Crippen LogP contribution in [0.5, 0.6) is 11.5 Å². The molecule has 3 rings (SSSR count). The zero-order valence-corrected chi connectivity index (χ0v) is 14.9. The van der Waals surface area contributed by atoms with Crippen molar-refractivity contribution >= 4 is 32.3 Å². The molecular weight excluding hydrogens is 356 g/mol. The van der Waals surface area contributed by atoms with Crippen LogP contribution in [-0.2, 0) is 10.1 Å². The number of aryl methyl sites for hydroxylation is 1. The van der Waals surface area contributed by atoms with Gasteiger partial charge in [-0.15, -0.1) is 10.2 Å². The average Bonchev–Trinajstić information content (AvgIpc) is 2.60. The Labute approximate surface area is 150 Å². The second-order valence-electron chi connectivity index (χ2n) is 5.67. The highest BCUT2D eigenvalue weighted by Gasteiger charge is 2.13. The SMILES string of the molecule is COc1ccc(C)cc1N=Nc1c(O)ccc2cc(S(=O)(=O)O)ccc12. The van der Waals surface area contributed by atoms with Crippen molar-refractivity contribution in [1.29, 1.82) is 0 Å². The highest BCUT2D eigenvalue weighted by molar-refractivity contribution is 7.85. The average molecular weight is 372 g/mol. The Morgan fingerprint density at radius 2 is 1.77 bits per heavy atom. The van der Waals surface area contributed by atoms with E-state index in [-0.39, 0.29) is 16.3 Å². The van der Waals surface area contributed by atoms with Crippen LogP contribution in [0.25, 0.3) is 10.8 Å². The summed E-state index contributed by atoms with van der Waals surface area (Å²) in [6.07, 6.45) is 0. The summed E-state index contributed by atoms with van der Waals surface area (Å²) < 4.78 is 37.0. The first kappa shape index (κ1) is 17.8. The summed E-state index contributed by atoms with van der Waals surface area (Å²) in [5, 5.41) is 19.4. The largest absolute Gasteiger partial charge is 0.506 e. The summed E-state index contributed by atoms with van der Waals surface area (Å²) in [5.74, 6) is 0.431. The molecule has 0 bridgehead atoms. The molecule has 134 valence electrons. The maximum Gasteiger partial charge on any atom is 0.294 e. The maximum absolute atomic E-state index is 11.3. The molecule has 0 aliphatic carbocycles. The lowest BCUT2D eigenvalue weighted by atomic mass is 10.1. The molecule has 0 aliphatic heterocycles. The van der Waals surface area contributed by atoms with Crippen molar-refractivity contribution in [2.24, 2.45) is 10.2 Å². The predicted octanol–water partition coefficient (Wildman–Crippen LogP) is 4.52. The first-order valence-corrected chi connectivity index (χ1v) is 9.03. The molecular formula is C18H16N2O5S. The van der Waals surface area contributed by atoms with Crippen LogP contribution in [0, 0.1) is 6.92 Å². The fourth-order valence-corrected chi connectivity index (χ4v) is 3.04. The number of methoxy groups -OCH3 is 1. The van der Waals surface area contributed by atoms with E-state index in [0.29, 0.717) is 22.2 Å². The second kappa shape index (κ2) is 6.74. The number of ether oxygens (including phenoxy) is 1. The number of fused-ring (bicyclic) bond motifs is 1. The summed E-state index contributed by atoms with van der Waals surface area (Å²) in [6, 6.07) is 12.4. The number of rotatable bonds is 4. The van der Waals surface area contributed by atoms with E-state index in [4.69, 9.17) is 4.74 Å². The highest BCUT2D eigenvalue weighted by atomic mass is 32.2. The molecule has 7 nitrogen and oxygen atoms in total. The van der Waals surface area contributed by atoms with Crippen molar-refractivity contribution in [1.82, 2.24) is 0 Å². The van der Waals surface area contributed by atoms with Crippen LogP contribution >= 0.6 is 0 Å². The number of azo groups is 1. The van der Waals surface area contributed by atoms with E-state index in [1.165, 1.54) is 37.4 Å². The lowest BCUT2D eigenvalue weighted by Gasteiger charge is -2.07. The van der Waals surface area contributed by atoms with Crippen molar-refractivity contribution in [3.8, 4) is 11.5 Å². The molecule has 2 N–H and O–H groups in total. The minimum Gasteiger partial charge on any atom is -0.506 e. The number of aromatic hydroxyl groups is 1. The number of nitrogens with zero attached hydrogens (tertiary/aromatic N) is 2. The molecule has 0 spiro atoms. The monoisotopic (exact) mass is 372 g/mol. The Morgan fingerprint density at radius 1 is 1.00 bits per heavy atom. The fraction of sp³-hybridized carbons (Fsp3) is 0.111. The first-order chi connectivity index (χ1) is 12.3. The van der Waals surface area contributed by atoms with Crippen LogP contribution in [0.4, 0.5) is 11.4 Å². The minimum absolute atomic E-state index is 0.104. The van der Waals surface area contributed by atoms with Crippen LogP contribution in [0.2, 0.25) is 0 Å². The van der Waals surface area contributed by atoms with Gasteiger partial charge in [0.2, 0.25) is 0 Å². The van der Waals surface area contributed by atoms with E-state index in [0.717, 1.165) is 5.56 Å². The topological polar surface area (TPSA) is 109 Å². The zero-order valence-electron chi connectivity index (χ0n) is 14.0. The van der Waals surface area contributed by atoms with Crippen LogP contribution in [0.3, 0.4) is 0 Å². The number of phenols is 1. The van der Waals surface area contributed by atoms with Crippen molar-refractivity contribution in [2.45, 2.75) is 11.8 Å². The van der Waals surface area contributed by atoms with Crippen molar-refractivity contribution < 1.29 is 22.8 Å². The quantitative estimate of drug-likeness (QED) is 0.517. The fourth-order valence-electron chi connectivity index (χ4n) is 2.53. The van der Waals surface area contributed by atoms with Gasteiger partial charge in [-0.1, -0.05) is 18.2 Å². The summed E-state index contributed by atoms with van der Waals surface area (Å²) >= 11 is 0. The van der Waals surface area contributed by atoms with E-state index >= 15 is 0 Å². The molecule has 0 saturated carbocycles. The number of hydrogen-bond acceptors (Lipinski definition) is 6. The van der Waals surface area contributed by atoms with Gasteiger partial charge < -0.3 is 9.84 Å². The standard InChI is InChI=1S/C18H16N2O5S/c1-11-3-8-17(25-2)15(9-11)19-20-18-14-6-5-13(26(22,23)24)10-12(14)4-7-16(18)21/h3-10,21H,1-2H3,(H,22,23,24). The van der Waals surface area contributed by atoms with Gasteiger partial charge >= 0.3 is 0 Å². The molecule has 0 atom stereocenters. The van der Waals surface area contributed by atoms with Gasteiger partial charge in [0, 0.05) is 5.39 Å². The van der Waals surface area contributed by atoms with E-state index in [9.17, 15) is 18.1 Å². The first-order valence-electron chi connectivity index (χ1n) is 7.59. The van der Waals surface area contributed by atoms with Crippen LogP contribution in [0.15, 0.2) is 63.7 Å². The molecule has 0 amide bonds. The Kier molecular flexibility index (Phi) is 4.62. The van der Waals surface area contributed by atoms with Crippen LogP contribution in [0.1, 0.15) is 5.56 Å². The van der Waals surface area contributed by atoms with Crippen LogP contribution in [-0.4, -0.2) is 25.2 Å². The van der Waals surface area contributed by atoms with Crippen molar-refractivity contribution in [3.05, 3.63) is 54.1 Å². The summed E-state index contributed by atoms with van der Waals surface area (Å²) in [7, 11) is -2.80. The third kappa shape index (κ3) is 3.51. The second-order valence-corrected chi connectivity index (χ2v) is 7.09. The Morgan fingerprint density at radius 3 is 2.46 bits per heavy atom. The third-order valence-corrected chi connectivity index (χ3v) is 4.68. The normalized spacial score (nSPS) is 12.0. The van der Waals surface area contributed by atoms with Crippen molar-refractivity contribution in [2.75, 3.05) is 7.11 Å². The Bertz CT molecular complexity index is 1120. The van der Waals surface area contributed by atoms with Crippen molar-refractivity contribution in [3.63, 3.8) is 0 Å². The van der Waals surface area contributed by atoms with E-state index in [2.05, 4.69) is 10.2 Å². The van der Waals surface area contributed by atoms with Gasteiger partial charge in [0.1, 0.15) is 22.9 Å². The van der Waals surface area contributed by atoms with Gasteiger partial charge in [-0.2, -0.15) is 8.42 Å². The molecule has 0 aliphatic rings. The Hall–Kier alpha value is -2.97. The summed E-state index contributed by atoms with van der Waals surface area (Å²) in [5.41, 5.74) is 1.66. The molecule has 3 aromatic carbocycles. The van der Waals surface area contributed by atoms with Gasteiger partial charge in [-0.3, -0.25) is 4.55 Å². The van der Waals surface area contributed by atoms with E-state index < -0.39 is 10.1 Å². The molecule has 0 aromatic heterocycles. The van der Waals surface area contributed by atoms with Gasteiger partial charge in [-0.05, 0) is 48.2 Å². The number of hydrogen-bond donors (Lipinski definition) is 2. The number of benzene rings is 3. The zero-order chi connectivity index (χ0) is 18.9. The third-order valence-electron chi connectivity index (χ3n) is 3.83. The van der Waals surface area contributed by atoms with Crippen LogP contribution < -0.4 is 4.74 Å². The highest BCUT2D eigenvalue weighted by Crippen LogP contribution is 2.38. The summed E-state index contributed by atoms with van der Waals surface area (Å²) in [6.45, 7) is 1.91. The smallest absolute Gasteiger partial charge is 0.294 e. The minimum atomic E-state index is -4.32. The number of phenolic OH excluding ortho intramolecular Hbond substituents is 1. The molecule has 8 heteroatoms. The van der Waals surface area contributed by atoms with E-state index in [1.54, 1.807) is 12.1 Å². The summed E-state index contributed by atoms with van der Waals surface area (Å²) in [4.78, 5) is -0.237. The molecule has 0 heterocycles. The van der Waals surface area contributed by atoms with Gasteiger partial charge in [0.15, 0.2) is 0 Å². The molecule has 0 fully saturated rings. The molecule has 0 saturated heterocycles.